The van der Waals surface area contributed by atoms with Crippen LogP contribution < -0.4 is 0 Å². The molecular weight excluding hydrogens is 387 g/mol. The summed E-state index contributed by atoms with van der Waals surface area (Å²) in [5.74, 6) is -3.30. The predicted octanol–water partition coefficient (Wildman–Crippen LogP) is 4.48. The lowest BCUT2D eigenvalue weighted by atomic mass is 10.0. The third-order valence-electron chi connectivity index (χ3n) is 3.93. The number of ether oxygens (including phenoxy) is 3. The van der Waals surface area contributed by atoms with Crippen LogP contribution in [0.5, 0.6) is 0 Å². The first kappa shape index (κ1) is 19.5. The molecule has 0 saturated carbocycles. The van der Waals surface area contributed by atoms with E-state index in [1.54, 1.807) is 0 Å². The third kappa shape index (κ3) is 4.90. The third-order valence-corrected chi connectivity index (χ3v) is 4.32. The quantitative estimate of drug-likeness (QED) is 0.666. The van der Waals surface area contributed by atoms with Gasteiger partial charge in [0.15, 0.2) is 0 Å². The van der Waals surface area contributed by atoms with Crippen molar-refractivity contribution in [3.8, 4) is 0 Å². The number of aromatic nitrogens is 1. The Morgan fingerprint density at radius 3 is 2.38 bits per heavy atom. The highest BCUT2D eigenvalue weighted by Gasteiger charge is 2.45. The van der Waals surface area contributed by atoms with Crippen molar-refractivity contribution in [1.29, 1.82) is 0 Å². The van der Waals surface area contributed by atoms with Crippen molar-refractivity contribution < 1.29 is 23.0 Å². The second-order valence-corrected chi connectivity index (χ2v) is 6.68. The van der Waals surface area contributed by atoms with Crippen LogP contribution in [0.2, 0.25) is 10.3 Å². The van der Waals surface area contributed by atoms with Crippen LogP contribution in [0.15, 0.2) is 42.5 Å². The molecule has 1 aromatic carbocycles. The standard InChI is InChI=1S/C18H17Cl2F2NO3/c19-16-6-13(7-17(20)23-16)18(21,22)15-11-25-14(10-26-15)9-24-8-12-4-2-1-3-5-12/h1-7,14-15H,8-11H2. The molecule has 0 spiro atoms. The molecule has 1 saturated heterocycles. The Morgan fingerprint density at radius 1 is 1.08 bits per heavy atom. The molecule has 0 N–H and O–H groups in total. The molecule has 26 heavy (non-hydrogen) atoms. The summed E-state index contributed by atoms with van der Waals surface area (Å²) >= 11 is 11.4. The molecular formula is C18H17Cl2F2NO3. The van der Waals surface area contributed by atoms with E-state index in [-0.39, 0.29) is 35.7 Å². The minimum Gasteiger partial charge on any atom is -0.374 e. The number of hydrogen-bond donors (Lipinski definition) is 0. The Balaban J connectivity index is 1.51. The summed E-state index contributed by atoms with van der Waals surface area (Å²) in [6, 6.07) is 11.8. The number of nitrogens with zero attached hydrogens (tertiary/aromatic N) is 1. The maximum absolute atomic E-state index is 14.6. The molecule has 2 aromatic rings. The molecule has 140 valence electrons. The molecule has 1 aliphatic rings. The van der Waals surface area contributed by atoms with Gasteiger partial charge in [-0.25, -0.2) is 4.98 Å². The van der Waals surface area contributed by atoms with E-state index < -0.39 is 18.1 Å². The Morgan fingerprint density at radius 2 is 1.77 bits per heavy atom. The van der Waals surface area contributed by atoms with Crippen LogP contribution in [-0.2, 0) is 26.7 Å². The molecule has 0 amide bonds. The SMILES string of the molecule is FC(F)(c1cc(Cl)nc(Cl)c1)C1COC(COCc2ccccc2)CO1. The van der Waals surface area contributed by atoms with Crippen LogP contribution in [-0.4, -0.2) is 37.0 Å². The highest BCUT2D eigenvalue weighted by atomic mass is 35.5. The fourth-order valence-electron chi connectivity index (χ4n) is 2.57. The van der Waals surface area contributed by atoms with Crippen LogP contribution in [0.3, 0.4) is 0 Å². The van der Waals surface area contributed by atoms with Crippen molar-refractivity contribution >= 4 is 23.2 Å². The average Bonchev–Trinajstić information content (AvgIpc) is 2.62. The molecule has 2 unspecified atom stereocenters. The van der Waals surface area contributed by atoms with Gasteiger partial charge in [0.2, 0.25) is 0 Å². The first-order valence-corrected chi connectivity index (χ1v) is 8.77. The van der Waals surface area contributed by atoms with Crippen molar-refractivity contribution in [3.63, 3.8) is 0 Å². The van der Waals surface area contributed by atoms with Gasteiger partial charge in [-0.2, -0.15) is 8.78 Å². The van der Waals surface area contributed by atoms with E-state index >= 15 is 0 Å². The lowest BCUT2D eigenvalue weighted by Crippen LogP contribution is -2.46. The summed E-state index contributed by atoms with van der Waals surface area (Å²) in [4.78, 5) is 3.67. The molecule has 4 nitrogen and oxygen atoms in total. The first-order valence-electron chi connectivity index (χ1n) is 8.01. The van der Waals surface area contributed by atoms with E-state index in [2.05, 4.69) is 4.98 Å². The summed E-state index contributed by atoms with van der Waals surface area (Å²) in [5.41, 5.74) is 0.676. The number of benzene rings is 1. The van der Waals surface area contributed by atoms with Crippen molar-refractivity contribution in [2.24, 2.45) is 0 Å². The van der Waals surface area contributed by atoms with Gasteiger partial charge >= 0.3 is 5.92 Å². The molecule has 2 atom stereocenters. The Bertz CT molecular complexity index is 705. The van der Waals surface area contributed by atoms with Crippen LogP contribution >= 0.6 is 23.2 Å². The van der Waals surface area contributed by atoms with Crippen LogP contribution in [0.1, 0.15) is 11.1 Å². The molecule has 0 aliphatic carbocycles. The van der Waals surface area contributed by atoms with Crippen LogP contribution in [0.4, 0.5) is 8.78 Å². The molecule has 3 rings (SSSR count). The molecule has 0 radical (unpaired) electrons. The van der Waals surface area contributed by atoms with Gasteiger partial charge < -0.3 is 14.2 Å². The van der Waals surface area contributed by atoms with Crippen LogP contribution in [0.25, 0.3) is 0 Å². The minimum absolute atomic E-state index is 0.0155. The smallest absolute Gasteiger partial charge is 0.301 e. The monoisotopic (exact) mass is 403 g/mol. The number of halogens is 4. The Hall–Kier alpha value is -1.31. The molecule has 1 fully saturated rings. The van der Waals surface area contributed by atoms with Gasteiger partial charge in [0.25, 0.3) is 0 Å². The number of alkyl halides is 2. The predicted molar refractivity (Wildman–Crippen MR) is 93.7 cm³/mol. The molecule has 0 bridgehead atoms. The van der Waals surface area contributed by atoms with E-state index in [9.17, 15) is 8.78 Å². The molecule has 1 aromatic heterocycles. The van der Waals surface area contributed by atoms with Gasteiger partial charge in [0.1, 0.15) is 22.5 Å². The van der Waals surface area contributed by atoms with E-state index in [1.165, 1.54) is 0 Å². The first-order chi connectivity index (χ1) is 12.4. The zero-order chi connectivity index (χ0) is 18.6. The van der Waals surface area contributed by atoms with Gasteiger partial charge in [-0.15, -0.1) is 0 Å². The largest absolute Gasteiger partial charge is 0.374 e. The van der Waals surface area contributed by atoms with Crippen molar-refractivity contribution in [2.45, 2.75) is 24.7 Å². The minimum atomic E-state index is -3.30. The second-order valence-electron chi connectivity index (χ2n) is 5.90. The van der Waals surface area contributed by atoms with E-state index in [1.807, 2.05) is 30.3 Å². The Kier molecular flexibility index (Phi) is 6.42. The lowest BCUT2D eigenvalue weighted by Gasteiger charge is -2.34. The zero-order valence-corrected chi connectivity index (χ0v) is 15.2. The van der Waals surface area contributed by atoms with Gasteiger partial charge in [-0.1, -0.05) is 53.5 Å². The summed E-state index contributed by atoms with van der Waals surface area (Å²) < 4.78 is 45.6. The van der Waals surface area contributed by atoms with E-state index in [4.69, 9.17) is 37.4 Å². The van der Waals surface area contributed by atoms with Gasteiger partial charge in [0, 0.05) is 5.56 Å². The number of pyridine rings is 1. The summed E-state index contributed by atoms with van der Waals surface area (Å²) in [6.45, 7) is 0.444. The van der Waals surface area contributed by atoms with Crippen LogP contribution in [0, 0.1) is 0 Å². The second kappa shape index (κ2) is 8.59. The zero-order valence-electron chi connectivity index (χ0n) is 13.7. The van der Waals surface area contributed by atoms with Gasteiger partial charge in [-0.05, 0) is 17.7 Å². The lowest BCUT2D eigenvalue weighted by molar-refractivity contribution is -0.227. The van der Waals surface area contributed by atoms with E-state index in [0.717, 1.165) is 17.7 Å². The fraction of sp³-hybridized carbons (Fsp3) is 0.389. The van der Waals surface area contributed by atoms with E-state index in [0.29, 0.717) is 6.61 Å². The highest BCUT2D eigenvalue weighted by Crippen LogP contribution is 2.37. The van der Waals surface area contributed by atoms with Crippen molar-refractivity contribution in [3.05, 3.63) is 63.9 Å². The number of hydrogen-bond acceptors (Lipinski definition) is 4. The molecule has 2 heterocycles. The van der Waals surface area contributed by atoms with Gasteiger partial charge in [0.05, 0.1) is 26.4 Å². The maximum Gasteiger partial charge on any atom is 0.301 e. The fourth-order valence-corrected chi connectivity index (χ4v) is 3.03. The molecule has 8 heteroatoms. The number of rotatable bonds is 6. The molecule has 1 aliphatic heterocycles. The average molecular weight is 404 g/mol. The summed E-state index contributed by atoms with van der Waals surface area (Å²) in [6.07, 6.45) is -1.82. The van der Waals surface area contributed by atoms with Crippen molar-refractivity contribution in [1.82, 2.24) is 4.98 Å². The highest BCUT2D eigenvalue weighted by molar-refractivity contribution is 6.32. The normalized spacial score (nSPS) is 20.9. The Labute approximate surface area is 160 Å². The summed E-state index contributed by atoms with van der Waals surface area (Å²) in [5, 5.41) is -0.202. The maximum atomic E-state index is 14.6. The topological polar surface area (TPSA) is 40.6 Å². The van der Waals surface area contributed by atoms with Gasteiger partial charge in [-0.3, -0.25) is 0 Å². The van der Waals surface area contributed by atoms with Crippen molar-refractivity contribution in [2.75, 3.05) is 19.8 Å². The summed E-state index contributed by atoms with van der Waals surface area (Å²) in [7, 11) is 0.